The monoisotopic (exact) mass is 373 g/mol. The number of aromatic nitrogens is 2. The Morgan fingerprint density at radius 1 is 1.41 bits per heavy atom. The summed E-state index contributed by atoms with van der Waals surface area (Å²) in [5, 5.41) is 9.07. The maximum Gasteiger partial charge on any atom is 0.255 e. The van der Waals surface area contributed by atoms with Crippen LogP contribution in [0.3, 0.4) is 0 Å². The summed E-state index contributed by atoms with van der Waals surface area (Å²) >= 11 is 3.10. The van der Waals surface area contributed by atoms with Gasteiger partial charge in [-0.3, -0.25) is 14.7 Å². The molecule has 0 unspecified atom stereocenters. The van der Waals surface area contributed by atoms with Gasteiger partial charge in [-0.25, -0.2) is 0 Å². The zero-order valence-electron chi connectivity index (χ0n) is 13.3. The minimum absolute atomic E-state index is 0.0764. The van der Waals surface area contributed by atoms with Crippen LogP contribution in [0.5, 0.6) is 0 Å². The van der Waals surface area contributed by atoms with E-state index in [2.05, 4.69) is 38.0 Å². The van der Waals surface area contributed by atoms with Gasteiger partial charge in [0, 0.05) is 20.1 Å². The number of carbonyl (C=O) groups excluding carboxylic acids is 2. The first-order valence-electron chi connectivity index (χ1n) is 7.14. The quantitative estimate of drug-likeness (QED) is 0.705. The fourth-order valence-corrected chi connectivity index (χ4v) is 2.26. The number of halogens is 1. The van der Waals surface area contributed by atoms with Crippen molar-refractivity contribution in [2.45, 2.75) is 26.7 Å². The second-order valence-electron chi connectivity index (χ2n) is 4.11. The van der Waals surface area contributed by atoms with Crippen LogP contribution in [-0.2, 0) is 4.79 Å². The van der Waals surface area contributed by atoms with Crippen molar-refractivity contribution in [3.63, 3.8) is 0 Å². The third-order valence-corrected chi connectivity index (χ3v) is 3.37. The fraction of sp³-hybridized carbons (Fsp3) is 0.500. The van der Waals surface area contributed by atoms with Gasteiger partial charge >= 0.3 is 0 Å². The van der Waals surface area contributed by atoms with E-state index in [0.29, 0.717) is 16.0 Å². The second kappa shape index (κ2) is 10.8. The van der Waals surface area contributed by atoms with Crippen LogP contribution in [0.1, 0.15) is 37.0 Å². The van der Waals surface area contributed by atoms with Crippen LogP contribution < -0.4 is 11.1 Å². The average molecular weight is 374 g/mol. The van der Waals surface area contributed by atoms with Gasteiger partial charge < -0.3 is 16.0 Å². The van der Waals surface area contributed by atoms with Crippen molar-refractivity contribution >= 4 is 33.6 Å². The van der Waals surface area contributed by atoms with Crippen molar-refractivity contribution in [2.24, 2.45) is 5.73 Å². The van der Waals surface area contributed by atoms with Crippen molar-refractivity contribution < 1.29 is 9.59 Å². The molecule has 0 saturated carbocycles. The lowest BCUT2D eigenvalue weighted by molar-refractivity contribution is -0.124. The number of nitrogens with two attached hydrogens (primary N) is 1. The molecule has 2 rings (SSSR count). The smallest absolute Gasteiger partial charge is 0.255 e. The number of rotatable bonds is 3. The third-order valence-electron chi connectivity index (χ3n) is 2.80. The van der Waals surface area contributed by atoms with Gasteiger partial charge in [0.25, 0.3) is 5.91 Å². The van der Waals surface area contributed by atoms with Crippen molar-refractivity contribution in [3.8, 4) is 0 Å². The second-order valence-corrected chi connectivity index (χ2v) is 4.90. The number of amides is 2. The van der Waals surface area contributed by atoms with Gasteiger partial charge in [0.05, 0.1) is 0 Å². The number of nitrogens with zero attached hydrogens (tertiary/aromatic N) is 2. The molecular weight excluding hydrogens is 350 g/mol. The first kappa shape index (κ1) is 20.2. The number of likely N-dealkylation sites (tertiary alicyclic amines) is 1. The van der Waals surface area contributed by atoms with Crippen molar-refractivity contribution in [1.82, 2.24) is 15.1 Å². The average Bonchev–Trinajstić information content (AvgIpc) is 3.18. The van der Waals surface area contributed by atoms with E-state index >= 15 is 0 Å². The Bertz CT molecular complexity index is 495. The Hall–Kier alpha value is -1.83. The number of H-pyrrole nitrogens is 1. The number of hydrogen-bond acceptors (Lipinski definition) is 4. The summed E-state index contributed by atoms with van der Waals surface area (Å²) in [6.07, 6.45) is 3.68. The number of carbonyl (C=O) groups is 2. The highest BCUT2D eigenvalue weighted by atomic mass is 79.9. The molecule has 4 N–H and O–H groups in total. The zero-order valence-corrected chi connectivity index (χ0v) is 14.9. The Morgan fingerprint density at radius 2 is 1.95 bits per heavy atom. The van der Waals surface area contributed by atoms with E-state index in [1.165, 1.54) is 6.08 Å². The number of primary amides is 1. The van der Waals surface area contributed by atoms with Gasteiger partial charge in [-0.2, -0.15) is 5.10 Å². The lowest BCUT2D eigenvalue weighted by Gasteiger charge is -2.10. The molecule has 0 aromatic carbocycles. The number of anilines is 1. The highest BCUT2D eigenvalue weighted by Crippen LogP contribution is 2.19. The molecule has 7 nitrogen and oxygen atoms in total. The molecule has 0 spiro atoms. The van der Waals surface area contributed by atoms with E-state index in [1.807, 2.05) is 18.7 Å². The Labute approximate surface area is 139 Å². The molecule has 1 saturated heterocycles. The van der Waals surface area contributed by atoms with Crippen molar-refractivity contribution in [1.29, 1.82) is 0 Å². The molecule has 0 atom stereocenters. The zero-order chi connectivity index (χ0) is 17.1. The Kier molecular flexibility index (Phi) is 9.93. The third kappa shape index (κ3) is 5.88. The van der Waals surface area contributed by atoms with Crippen molar-refractivity contribution in [2.75, 3.05) is 25.5 Å². The summed E-state index contributed by atoms with van der Waals surface area (Å²) in [7, 11) is 1.66. The SMILES string of the molecule is C=CC(=O)N1CCCC1.CC.CNc1n[nH]c(Br)c1C(N)=O. The highest BCUT2D eigenvalue weighted by Gasteiger charge is 2.15. The molecule has 0 bridgehead atoms. The number of aromatic amines is 1. The molecule has 0 aliphatic carbocycles. The normalized spacial score (nSPS) is 12.5. The maximum absolute atomic E-state index is 10.8. The molecule has 1 aliphatic heterocycles. The molecule has 22 heavy (non-hydrogen) atoms. The van der Waals surface area contributed by atoms with Crippen LogP contribution in [0.15, 0.2) is 17.3 Å². The lowest BCUT2D eigenvalue weighted by Crippen LogP contribution is -2.25. The van der Waals surface area contributed by atoms with Crippen LogP contribution in [0.4, 0.5) is 5.82 Å². The van der Waals surface area contributed by atoms with Crippen LogP contribution in [0, 0.1) is 0 Å². The van der Waals surface area contributed by atoms with E-state index in [0.717, 1.165) is 25.9 Å². The van der Waals surface area contributed by atoms with E-state index < -0.39 is 5.91 Å². The van der Waals surface area contributed by atoms with Crippen LogP contribution in [0.2, 0.25) is 0 Å². The van der Waals surface area contributed by atoms with Crippen LogP contribution in [0.25, 0.3) is 0 Å². The summed E-state index contributed by atoms with van der Waals surface area (Å²) in [4.78, 5) is 23.4. The van der Waals surface area contributed by atoms with Gasteiger partial charge in [-0.15, -0.1) is 0 Å². The van der Waals surface area contributed by atoms with Gasteiger partial charge in [0.15, 0.2) is 5.82 Å². The summed E-state index contributed by atoms with van der Waals surface area (Å²) in [6, 6.07) is 0. The molecule has 2 amide bonds. The van der Waals surface area contributed by atoms with Gasteiger partial charge in [-0.1, -0.05) is 20.4 Å². The summed E-state index contributed by atoms with van der Waals surface area (Å²) in [6.45, 7) is 9.26. The molecule has 0 radical (unpaired) electrons. The first-order valence-corrected chi connectivity index (χ1v) is 7.93. The Morgan fingerprint density at radius 3 is 2.32 bits per heavy atom. The van der Waals surface area contributed by atoms with Crippen molar-refractivity contribution in [3.05, 3.63) is 22.8 Å². The predicted molar refractivity (Wildman–Crippen MR) is 91.7 cm³/mol. The van der Waals surface area contributed by atoms with E-state index in [9.17, 15) is 9.59 Å². The minimum Gasteiger partial charge on any atom is -0.371 e. The molecule has 1 aromatic rings. The standard InChI is InChI=1S/C7H11NO.C5H7BrN4O.C2H6/c1-2-7(9)8-5-3-4-6-8;1-8-5-2(4(7)11)3(6)9-10-5;1-2/h2H,1,3-6H2;1H3,(H2,7,11)(H2,8,9,10);1-2H3. The first-order chi connectivity index (χ1) is 10.5. The molecule has 1 aliphatic rings. The number of nitrogens with one attached hydrogen (secondary N) is 2. The van der Waals surface area contributed by atoms with Gasteiger partial charge in [0.1, 0.15) is 10.2 Å². The summed E-state index contributed by atoms with van der Waals surface area (Å²) in [5.41, 5.74) is 5.41. The lowest BCUT2D eigenvalue weighted by atomic mass is 10.3. The fourth-order valence-electron chi connectivity index (χ4n) is 1.79. The molecule has 1 fully saturated rings. The molecular formula is C14H24BrN5O2. The van der Waals surface area contributed by atoms with E-state index in [-0.39, 0.29) is 5.91 Å². The molecule has 2 heterocycles. The Balaban J connectivity index is 0.000000366. The largest absolute Gasteiger partial charge is 0.371 e. The van der Waals surface area contributed by atoms with Gasteiger partial charge in [-0.05, 0) is 34.8 Å². The van der Waals surface area contributed by atoms with E-state index in [1.54, 1.807) is 7.05 Å². The summed E-state index contributed by atoms with van der Waals surface area (Å²) in [5.74, 6) is 0.00634. The predicted octanol–water partition coefficient (Wildman–Crippen LogP) is 2.13. The molecule has 8 heteroatoms. The van der Waals surface area contributed by atoms with Gasteiger partial charge in [0.2, 0.25) is 5.91 Å². The topological polar surface area (TPSA) is 104 Å². The van der Waals surface area contributed by atoms with E-state index in [4.69, 9.17) is 5.73 Å². The molecule has 124 valence electrons. The molecule has 1 aromatic heterocycles. The van der Waals surface area contributed by atoms with Crippen LogP contribution >= 0.6 is 15.9 Å². The summed E-state index contributed by atoms with van der Waals surface area (Å²) < 4.78 is 0.495. The minimum atomic E-state index is -0.519. The maximum atomic E-state index is 10.8. The highest BCUT2D eigenvalue weighted by molar-refractivity contribution is 9.10. The number of hydrogen-bond donors (Lipinski definition) is 3. The van der Waals surface area contributed by atoms with Crippen LogP contribution in [-0.4, -0.2) is 47.0 Å².